The van der Waals surface area contributed by atoms with Crippen molar-refractivity contribution in [2.75, 3.05) is 24.8 Å². The molecule has 0 spiro atoms. The van der Waals surface area contributed by atoms with Crippen molar-refractivity contribution in [3.8, 4) is 0 Å². The molecule has 0 radical (unpaired) electrons. The van der Waals surface area contributed by atoms with Crippen molar-refractivity contribution in [3.05, 3.63) is 202 Å². The maximum Gasteiger partial charge on any atom is 0.356 e. The molecule has 3 aliphatic rings. The monoisotopic (exact) mass is 875 g/mol. The molecular weight excluding hydrogens is 831 g/mol. The molecule has 0 saturated carbocycles. The Morgan fingerprint density at radius 3 is 1.92 bits per heavy atom. The molecule has 13 heteroatoms. The predicted molar refractivity (Wildman–Crippen MR) is 245 cm³/mol. The number of nitrogens with zero attached hydrogens (tertiary/aromatic N) is 3. The van der Waals surface area contributed by atoms with Gasteiger partial charge in [-0.3, -0.25) is 14.5 Å². The Morgan fingerprint density at radius 2 is 1.40 bits per heavy atom. The number of anilines is 1. The van der Waals surface area contributed by atoms with Gasteiger partial charge in [0.1, 0.15) is 35.5 Å². The molecular formula is C50H45N5O6S2. The molecule has 318 valence electrons. The number of carbonyl (C=O) groups is 3. The molecule has 2 amide bonds. The number of ether oxygens (including phenoxy) is 2. The van der Waals surface area contributed by atoms with Gasteiger partial charge in [-0.1, -0.05) is 157 Å². The highest BCUT2D eigenvalue weighted by molar-refractivity contribution is 8.00. The first kappa shape index (κ1) is 41.8. The maximum absolute atomic E-state index is 14.5. The smallest absolute Gasteiger partial charge is 0.356 e. The molecule has 6 aromatic rings. The number of thiazole rings is 1. The average Bonchev–Trinajstić information content (AvgIpc) is 4.04. The number of fused-ring (bicyclic) bond motifs is 1. The van der Waals surface area contributed by atoms with Gasteiger partial charge in [0.05, 0.1) is 6.10 Å². The van der Waals surface area contributed by atoms with E-state index in [1.54, 1.807) is 5.38 Å². The summed E-state index contributed by atoms with van der Waals surface area (Å²) in [5.41, 5.74) is 4.90. The lowest BCUT2D eigenvalue weighted by Gasteiger charge is -2.50. The zero-order valence-corrected chi connectivity index (χ0v) is 36.1. The van der Waals surface area contributed by atoms with Crippen molar-refractivity contribution in [2.24, 2.45) is 5.16 Å². The highest BCUT2D eigenvalue weighted by Gasteiger charge is 2.55. The molecule has 0 bridgehead atoms. The molecule has 3 atom stereocenters. The van der Waals surface area contributed by atoms with Gasteiger partial charge >= 0.3 is 5.97 Å². The third kappa shape index (κ3) is 8.51. The van der Waals surface area contributed by atoms with E-state index >= 15 is 0 Å². The summed E-state index contributed by atoms with van der Waals surface area (Å²) in [6.07, 6.45) is 1.53. The second kappa shape index (κ2) is 18.8. The lowest BCUT2D eigenvalue weighted by Crippen LogP contribution is -2.71. The van der Waals surface area contributed by atoms with E-state index in [-0.39, 0.29) is 23.2 Å². The Bertz CT molecular complexity index is 2470. The highest BCUT2D eigenvalue weighted by Crippen LogP contribution is 2.44. The van der Waals surface area contributed by atoms with Gasteiger partial charge in [0.15, 0.2) is 16.9 Å². The van der Waals surface area contributed by atoms with Crippen molar-refractivity contribution in [1.29, 1.82) is 0 Å². The van der Waals surface area contributed by atoms with Crippen LogP contribution in [0.15, 0.2) is 173 Å². The first-order valence-electron chi connectivity index (χ1n) is 20.9. The quantitative estimate of drug-likeness (QED) is 0.0343. The van der Waals surface area contributed by atoms with E-state index in [4.69, 9.17) is 19.3 Å². The first-order valence-corrected chi connectivity index (χ1v) is 22.8. The molecule has 2 N–H and O–H groups in total. The van der Waals surface area contributed by atoms with Gasteiger partial charge in [-0.15, -0.1) is 23.1 Å². The molecule has 0 aliphatic carbocycles. The van der Waals surface area contributed by atoms with Crippen LogP contribution < -0.4 is 10.6 Å². The molecule has 11 nitrogen and oxygen atoms in total. The molecule has 4 heterocycles. The van der Waals surface area contributed by atoms with Crippen LogP contribution >= 0.6 is 23.1 Å². The van der Waals surface area contributed by atoms with Crippen LogP contribution in [-0.4, -0.2) is 70.4 Å². The van der Waals surface area contributed by atoms with Gasteiger partial charge in [0.2, 0.25) is 0 Å². The number of hydrogen-bond acceptors (Lipinski definition) is 11. The SMILES string of the molecule is CO/N=C(\C(=O)NC1C(=O)N2C(C(=O)OC(c3ccccc3)c3ccccc3)=C(CC3CCCO3)CSC12)c1csc(NC(c2ccccc2)(c2ccccc2)c2ccccc2)n1. The van der Waals surface area contributed by atoms with E-state index in [2.05, 4.69) is 52.2 Å². The number of esters is 1. The Kier molecular flexibility index (Phi) is 12.5. The van der Waals surface area contributed by atoms with E-state index in [1.165, 1.54) is 35.1 Å². The molecule has 9 rings (SSSR count). The lowest BCUT2D eigenvalue weighted by atomic mass is 9.77. The number of nitrogens with one attached hydrogen (secondary N) is 2. The fourth-order valence-electron chi connectivity index (χ4n) is 8.54. The van der Waals surface area contributed by atoms with Crippen molar-refractivity contribution in [1.82, 2.24) is 15.2 Å². The second-order valence-electron chi connectivity index (χ2n) is 15.4. The number of rotatable bonds is 15. The standard InChI is InChI=1S/C50H45N5O6S2/c1-59-54-41(40-32-63-49(51-40)53-50(36-22-11-4-12-23-36,37-24-13-5-14-25-37)38-26-15-6-16-27-38)45(56)52-42-46(57)55-43(35(31-62-47(42)55)30-39-28-17-29-60-39)48(58)61-44(33-18-7-2-8-19-33)34-20-9-3-10-21-34/h2-16,18-27,32,39,42,44,47H,17,28-31H2,1H3,(H,51,53)(H,52,56)/b54-41-. The normalized spacial score (nSPS) is 18.7. The largest absolute Gasteiger partial charge is 0.448 e. The zero-order chi connectivity index (χ0) is 43.2. The molecule has 3 aliphatic heterocycles. The van der Waals surface area contributed by atoms with E-state index in [9.17, 15) is 14.4 Å². The average molecular weight is 876 g/mol. The van der Waals surface area contributed by atoms with E-state index in [1.807, 2.05) is 115 Å². The Labute approximate surface area is 374 Å². The maximum atomic E-state index is 14.5. The van der Waals surface area contributed by atoms with Gasteiger partial charge < -0.3 is 24.9 Å². The number of oxime groups is 1. The summed E-state index contributed by atoms with van der Waals surface area (Å²) >= 11 is 2.81. The second-order valence-corrected chi connectivity index (χ2v) is 17.4. The summed E-state index contributed by atoms with van der Waals surface area (Å²) in [4.78, 5) is 54.5. The number of hydrogen-bond donors (Lipinski definition) is 2. The van der Waals surface area contributed by atoms with Crippen molar-refractivity contribution < 1.29 is 28.7 Å². The van der Waals surface area contributed by atoms with Crippen LogP contribution in [0.1, 0.15) is 58.9 Å². The number of β-lactam (4-membered cyclic amide) rings is 1. The third-order valence-corrected chi connectivity index (χ3v) is 13.6. The Balaban J connectivity index is 0.976. The van der Waals surface area contributed by atoms with Crippen LogP contribution in [0.3, 0.4) is 0 Å². The van der Waals surface area contributed by atoms with Gasteiger partial charge in [-0.05, 0) is 52.7 Å². The zero-order valence-electron chi connectivity index (χ0n) is 34.5. The molecule has 5 aromatic carbocycles. The minimum Gasteiger partial charge on any atom is -0.448 e. The van der Waals surface area contributed by atoms with Crippen molar-refractivity contribution in [3.63, 3.8) is 0 Å². The fourth-order valence-corrected chi connectivity index (χ4v) is 10.7. The van der Waals surface area contributed by atoms with Crippen molar-refractivity contribution in [2.45, 2.75) is 48.4 Å². The van der Waals surface area contributed by atoms with Gasteiger partial charge in [-0.2, -0.15) is 0 Å². The van der Waals surface area contributed by atoms with E-state index < -0.39 is 40.8 Å². The summed E-state index contributed by atoms with van der Waals surface area (Å²) in [6, 6.07) is 48.6. The van der Waals surface area contributed by atoms with Gasteiger partial charge in [0.25, 0.3) is 11.8 Å². The number of thioether (sulfide) groups is 1. The van der Waals surface area contributed by atoms with Crippen LogP contribution in [0.4, 0.5) is 5.13 Å². The number of aromatic nitrogens is 1. The number of benzene rings is 5. The summed E-state index contributed by atoms with van der Waals surface area (Å²) in [6.45, 7) is 0.657. The Hall–Kier alpha value is -6.54. The Morgan fingerprint density at radius 1 is 0.841 bits per heavy atom. The van der Waals surface area contributed by atoms with Crippen LogP contribution in [0.25, 0.3) is 0 Å². The molecule has 1 aromatic heterocycles. The summed E-state index contributed by atoms with van der Waals surface area (Å²) in [5.74, 6) is -1.22. The first-order chi connectivity index (χ1) is 30.9. The van der Waals surface area contributed by atoms with Gasteiger partial charge in [0, 0.05) is 17.7 Å². The minimum absolute atomic E-state index is 0.0607. The topological polar surface area (TPSA) is 131 Å². The van der Waals surface area contributed by atoms with Crippen molar-refractivity contribution >= 4 is 51.7 Å². The molecule has 3 unspecified atom stereocenters. The minimum atomic E-state index is -0.950. The van der Waals surface area contributed by atoms with E-state index in [0.717, 1.165) is 46.2 Å². The van der Waals surface area contributed by atoms with Gasteiger partial charge in [-0.25, -0.2) is 9.78 Å². The molecule has 2 fully saturated rings. The fraction of sp³-hybridized carbons (Fsp3) is 0.220. The van der Waals surface area contributed by atoms with Crippen LogP contribution in [0.2, 0.25) is 0 Å². The predicted octanol–water partition coefficient (Wildman–Crippen LogP) is 8.45. The van der Waals surface area contributed by atoms with Crippen LogP contribution in [-0.2, 0) is 34.2 Å². The highest BCUT2D eigenvalue weighted by atomic mass is 32.2. The van der Waals surface area contributed by atoms with Crippen LogP contribution in [0, 0.1) is 0 Å². The van der Waals surface area contributed by atoms with Crippen LogP contribution in [0.5, 0.6) is 0 Å². The number of amides is 2. The summed E-state index contributed by atoms with van der Waals surface area (Å²) < 4.78 is 12.3. The summed E-state index contributed by atoms with van der Waals surface area (Å²) in [5, 5.41) is 12.5. The van der Waals surface area contributed by atoms with E-state index in [0.29, 0.717) is 23.9 Å². The molecule has 63 heavy (non-hydrogen) atoms. The molecule has 2 saturated heterocycles. The summed E-state index contributed by atoms with van der Waals surface area (Å²) in [7, 11) is 1.35. The number of carbonyl (C=O) groups excluding carboxylic acids is 3. The third-order valence-electron chi connectivity index (χ3n) is 11.5. The lowest BCUT2D eigenvalue weighted by molar-refractivity contribution is -0.154.